The standard InChI is InChI=1S/C9H15NO2S/c1-5-9(6-12-7-9)10-13(11)8(2,3)4/h1,10H,6-7H2,2-4H3. The fourth-order valence-electron chi connectivity index (χ4n) is 0.808. The number of nitrogens with one attached hydrogen (secondary N) is 1. The van der Waals surface area contributed by atoms with Crippen LogP contribution in [0.5, 0.6) is 0 Å². The van der Waals surface area contributed by atoms with E-state index in [1.807, 2.05) is 20.8 Å². The molecule has 0 amide bonds. The van der Waals surface area contributed by atoms with Gasteiger partial charge in [0.15, 0.2) is 5.54 Å². The molecule has 1 saturated heterocycles. The molecule has 0 spiro atoms. The summed E-state index contributed by atoms with van der Waals surface area (Å²) in [6.07, 6.45) is 5.33. The summed E-state index contributed by atoms with van der Waals surface area (Å²) in [6.45, 7) is 6.61. The van der Waals surface area contributed by atoms with E-state index in [0.717, 1.165) is 0 Å². The maximum Gasteiger partial charge on any atom is 0.169 e. The monoisotopic (exact) mass is 201 g/mol. The van der Waals surface area contributed by atoms with Crippen LogP contribution in [0.3, 0.4) is 0 Å². The van der Waals surface area contributed by atoms with Crippen LogP contribution in [0.2, 0.25) is 0 Å². The largest absolute Gasteiger partial charge is 0.598 e. The maximum atomic E-state index is 11.7. The van der Waals surface area contributed by atoms with Crippen LogP contribution < -0.4 is 4.72 Å². The Hall–Kier alpha value is -0.210. The predicted octanol–water partition coefficient (Wildman–Crippen LogP) is 0.440. The minimum atomic E-state index is -1.13. The molecule has 1 heterocycles. The summed E-state index contributed by atoms with van der Waals surface area (Å²) >= 11 is -1.13. The maximum absolute atomic E-state index is 11.7. The Balaban J connectivity index is 2.53. The van der Waals surface area contributed by atoms with E-state index in [0.29, 0.717) is 13.2 Å². The smallest absolute Gasteiger partial charge is 0.169 e. The van der Waals surface area contributed by atoms with E-state index in [9.17, 15) is 4.55 Å². The van der Waals surface area contributed by atoms with Gasteiger partial charge in [0.05, 0.1) is 13.2 Å². The average molecular weight is 201 g/mol. The fraction of sp³-hybridized carbons (Fsp3) is 0.778. The topological polar surface area (TPSA) is 44.3 Å². The number of hydrogen-bond donors (Lipinski definition) is 1. The van der Waals surface area contributed by atoms with Gasteiger partial charge in [0.1, 0.15) is 4.75 Å². The first-order valence-corrected chi connectivity index (χ1v) is 5.30. The van der Waals surface area contributed by atoms with Gasteiger partial charge in [0, 0.05) is 11.4 Å². The van der Waals surface area contributed by atoms with Crippen molar-refractivity contribution in [3.8, 4) is 12.3 Å². The lowest BCUT2D eigenvalue weighted by Gasteiger charge is -2.39. The number of rotatable bonds is 2. The van der Waals surface area contributed by atoms with Gasteiger partial charge in [-0.1, -0.05) is 5.92 Å². The lowest BCUT2D eigenvalue weighted by atomic mass is 10.0. The molecule has 1 N–H and O–H groups in total. The summed E-state index contributed by atoms with van der Waals surface area (Å²) in [6, 6.07) is 0. The molecular formula is C9H15NO2S. The van der Waals surface area contributed by atoms with Gasteiger partial charge >= 0.3 is 0 Å². The highest BCUT2D eigenvalue weighted by molar-refractivity contribution is 7.90. The second-order valence-corrected chi connectivity index (χ2v) is 6.17. The molecule has 0 aromatic heterocycles. The predicted molar refractivity (Wildman–Crippen MR) is 53.4 cm³/mol. The second kappa shape index (κ2) is 3.50. The average Bonchev–Trinajstić information content (AvgIpc) is 1.94. The Kier molecular flexibility index (Phi) is 2.93. The van der Waals surface area contributed by atoms with Gasteiger partial charge in [-0.2, -0.15) is 0 Å². The van der Waals surface area contributed by atoms with Gasteiger partial charge in [-0.15, -0.1) is 11.1 Å². The summed E-state index contributed by atoms with van der Waals surface area (Å²) in [5.74, 6) is 2.59. The lowest BCUT2D eigenvalue weighted by Crippen LogP contribution is -2.63. The molecule has 1 fully saturated rings. The Labute approximate surface area is 82.5 Å². The quantitative estimate of drug-likeness (QED) is 0.521. The van der Waals surface area contributed by atoms with Crippen molar-refractivity contribution >= 4 is 11.4 Å². The van der Waals surface area contributed by atoms with Crippen LogP contribution >= 0.6 is 0 Å². The van der Waals surface area contributed by atoms with Crippen LogP contribution in [0.25, 0.3) is 0 Å². The van der Waals surface area contributed by atoms with Crippen LogP contribution in [-0.4, -0.2) is 28.1 Å². The van der Waals surface area contributed by atoms with E-state index in [1.54, 1.807) is 0 Å². The molecule has 3 nitrogen and oxygen atoms in total. The number of ether oxygens (including phenoxy) is 1. The van der Waals surface area contributed by atoms with Crippen molar-refractivity contribution in [1.29, 1.82) is 0 Å². The summed E-state index contributed by atoms with van der Waals surface area (Å²) < 4.78 is 19.3. The minimum Gasteiger partial charge on any atom is -0.598 e. The van der Waals surface area contributed by atoms with Crippen molar-refractivity contribution in [3.05, 3.63) is 0 Å². The first-order valence-electron chi connectivity index (χ1n) is 4.15. The third-order valence-electron chi connectivity index (χ3n) is 1.82. The highest BCUT2D eigenvalue weighted by atomic mass is 32.2. The van der Waals surface area contributed by atoms with E-state index in [-0.39, 0.29) is 4.75 Å². The molecule has 0 aliphatic carbocycles. The van der Waals surface area contributed by atoms with Crippen LogP contribution in [0.15, 0.2) is 0 Å². The summed E-state index contributed by atoms with van der Waals surface area (Å²) in [5.41, 5.74) is -0.502. The Bertz CT molecular complexity index is 225. The molecule has 1 rings (SSSR count). The molecule has 13 heavy (non-hydrogen) atoms. The molecule has 1 aliphatic rings. The van der Waals surface area contributed by atoms with Crippen LogP contribution in [0, 0.1) is 12.3 Å². The van der Waals surface area contributed by atoms with E-state index in [1.165, 1.54) is 0 Å². The third-order valence-corrected chi connectivity index (χ3v) is 3.51. The van der Waals surface area contributed by atoms with Gasteiger partial charge in [0.2, 0.25) is 0 Å². The van der Waals surface area contributed by atoms with Gasteiger partial charge < -0.3 is 9.29 Å². The van der Waals surface area contributed by atoms with E-state index in [2.05, 4.69) is 10.6 Å². The van der Waals surface area contributed by atoms with E-state index in [4.69, 9.17) is 11.2 Å². The number of hydrogen-bond acceptors (Lipinski definition) is 3. The molecule has 1 atom stereocenters. The molecular weight excluding hydrogens is 186 g/mol. The fourth-order valence-corrected chi connectivity index (χ4v) is 1.65. The van der Waals surface area contributed by atoms with Crippen LogP contribution in [0.1, 0.15) is 20.8 Å². The summed E-state index contributed by atoms with van der Waals surface area (Å²) in [4.78, 5) is 0. The van der Waals surface area contributed by atoms with Gasteiger partial charge in [-0.3, -0.25) is 0 Å². The van der Waals surface area contributed by atoms with Crippen molar-refractivity contribution in [2.75, 3.05) is 13.2 Å². The highest BCUT2D eigenvalue weighted by Gasteiger charge is 2.43. The molecule has 74 valence electrons. The Morgan fingerprint density at radius 3 is 2.31 bits per heavy atom. The third kappa shape index (κ3) is 2.38. The first-order chi connectivity index (χ1) is 5.90. The summed E-state index contributed by atoms with van der Waals surface area (Å²) in [7, 11) is 0. The minimum absolute atomic E-state index is 0.292. The molecule has 0 radical (unpaired) electrons. The molecule has 1 unspecified atom stereocenters. The lowest BCUT2D eigenvalue weighted by molar-refractivity contribution is -0.0315. The SMILES string of the molecule is C#CC1(N[S+]([O-])C(C)(C)C)COC1. The molecule has 1 aliphatic heterocycles. The zero-order valence-corrected chi connectivity index (χ0v) is 9.03. The van der Waals surface area contributed by atoms with E-state index >= 15 is 0 Å². The van der Waals surface area contributed by atoms with Crippen molar-refractivity contribution in [2.45, 2.75) is 31.1 Å². The van der Waals surface area contributed by atoms with Gasteiger partial charge in [0.25, 0.3) is 0 Å². The van der Waals surface area contributed by atoms with E-state index < -0.39 is 16.9 Å². The summed E-state index contributed by atoms with van der Waals surface area (Å²) in [5, 5.41) is 0. The molecule has 0 aromatic carbocycles. The van der Waals surface area contributed by atoms with Crippen LogP contribution in [0.4, 0.5) is 0 Å². The zero-order valence-electron chi connectivity index (χ0n) is 8.22. The highest BCUT2D eigenvalue weighted by Crippen LogP contribution is 2.21. The second-order valence-electron chi connectivity index (χ2n) is 4.20. The molecule has 0 saturated carbocycles. The molecule has 0 aromatic rings. The molecule has 0 bridgehead atoms. The van der Waals surface area contributed by atoms with Crippen molar-refractivity contribution < 1.29 is 9.29 Å². The van der Waals surface area contributed by atoms with Gasteiger partial charge in [-0.25, -0.2) is 0 Å². The van der Waals surface area contributed by atoms with Crippen LogP contribution in [-0.2, 0) is 16.1 Å². The zero-order chi connectivity index (χ0) is 10.1. The van der Waals surface area contributed by atoms with Crippen molar-refractivity contribution in [2.24, 2.45) is 0 Å². The van der Waals surface area contributed by atoms with Crippen molar-refractivity contribution in [3.63, 3.8) is 0 Å². The number of terminal acetylenes is 1. The van der Waals surface area contributed by atoms with Crippen molar-refractivity contribution in [1.82, 2.24) is 4.72 Å². The Morgan fingerprint density at radius 1 is 1.54 bits per heavy atom. The normalized spacial score (nSPS) is 23.0. The van der Waals surface area contributed by atoms with Gasteiger partial charge in [-0.05, 0) is 20.8 Å². The first kappa shape index (κ1) is 10.9. The molecule has 4 heteroatoms. The Morgan fingerprint density at radius 2 is 2.08 bits per heavy atom.